The third-order valence-electron chi connectivity index (χ3n) is 6.12. The van der Waals surface area contributed by atoms with Gasteiger partial charge in [0.05, 0.1) is 19.4 Å². The van der Waals surface area contributed by atoms with Crippen molar-refractivity contribution < 1.29 is 38.2 Å². The SMILES string of the molecule is CCOP(=O)(C[C@@](O)(C[C@@H]1CCNC1=O)NC(=O)[C@H](CC1CCCCC1)NC(=O)O)OCC. The Morgan fingerprint density at radius 2 is 1.82 bits per heavy atom. The number of carbonyl (C=O) groups excluding carboxylic acids is 2. The second-order valence-corrected chi connectivity index (χ2v) is 10.9. The van der Waals surface area contributed by atoms with Crippen molar-refractivity contribution in [1.29, 1.82) is 0 Å². The zero-order chi connectivity index (χ0) is 24.5. The highest BCUT2D eigenvalue weighted by Gasteiger charge is 2.44. The maximum Gasteiger partial charge on any atom is 0.405 e. The zero-order valence-corrected chi connectivity index (χ0v) is 20.4. The Morgan fingerprint density at radius 1 is 1.18 bits per heavy atom. The Kier molecular flexibility index (Phi) is 10.6. The van der Waals surface area contributed by atoms with Gasteiger partial charge < -0.3 is 35.2 Å². The molecule has 12 heteroatoms. The lowest BCUT2D eigenvalue weighted by atomic mass is 9.84. The molecule has 5 N–H and O–H groups in total. The van der Waals surface area contributed by atoms with Crippen molar-refractivity contribution in [3.63, 3.8) is 0 Å². The lowest BCUT2D eigenvalue weighted by Gasteiger charge is -2.35. The Labute approximate surface area is 194 Å². The average Bonchev–Trinajstić information content (AvgIpc) is 3.11. The van der Waals surface area contributed by atoms with Crippen LogP contribution in [0.15, 0.2) is 0 Å². The van der Waals surface area contributed by atoms with Crippen LogP contribution < -0.4 is 16.0 Å². The second kappa shape index (κ2) is 12.7. The number of rotatable bonds is 13. The predicted molar refractivity (Wildman–Crippen MR) is 121 cm³/mol. The van der Waals surface area contributed by atoms with Crippen LogP contribution in [0, 0.1) is 11.8 Å². The summed E-state index contributed by atoms with van der Waals surface area (Å²) in [6.45, 7) is 3.83. The van der Waals surface area contributed by atoms with Crippen LogP contribution in [0.5, 0.6) is 0 Å². The number of hydrogen-bond donors (Lipinski definition) is 5. The maximum atomic E-state index is 13.2. The van der Waals surface area contributed by atoms with E-state index in [-0.39, 0.29) is 31.5 Å². The number of carbonyl (C=O) groups is 3. The summed E-state index contributed by atoms with van der Waals surface area (Å²) in [6.07, 6.45) is 3.63. The van der Waals surface area contributed by atoms with E-state index in [1.807, 2.05) is 0 Å². The lowest BCUT2D eigenvalue weighted by Crippen LogP contribution is -2.58. The third kappa shape index (κ3) is 8.88. The van der Waals surface area contributed by atoms with E-state index < -0.39 is 43.4 Å². The molecule has 2 aliphatic rings. The Bertz CT molecular complexity index is 720. The first-order valence-corrected chi connectivity index (χ1v) is 13.5. The molecule has 33 heavy (non-hydrogen) atoms. The first kappa shape index (κ1) is 27.6. The summed E-state index contributed by atoms with van der Waals surface area (Å²) in [5, 5.41) is 28.1. The van der Waals surface area contributed by atoms with Gasteiger partial charge in [-0.25, -0.2) is 4.79 Å². The molecule has 11 nitrogen and oxygen atoms in total. The van der Waals surface area contributed by atoms with Gasteiger partial charge in [-0.05, 0) is 32.6 Å². The molecular formula is C21H38N3O8P. The zero-order valence-electron chi connectivity index (χ0n) is 19.5. The molecule has 0 aromatic carbocycles. The molecule has 1 saturated heterocycles. The van der Waals surface area contributed by atoms with Crippen molar-refractivity contribution in [3.8, 4) is 0 Å². The highest BCUT2D eigenvalue weighted by atomic mass is 31.2. The van der Waals surface area contributed by atoms with Gasteiger partial charge in [0.1, 0.15) is 11.8 Å². The van der Waals surface area contributed by atoms with Crippen molar-refractivity contribution in [2.45, 2.75) is 77.0 Å². The minimum absolute atomic E-state index is 0.0656. The van der Waals surface area contributed by atoms with E-state index in [1.54, 1.807) is 13.8 Å². The average molecular weight is 492 g/mol. The third-order valence-corrected chi connectivity index (χ3v) is 8.33. The van der Waals surface area contributed by atoms with E-state index in [0.717, 1.165) is 32.1 Å². The van der Waals surface area contributed by atoms with Gasteiger partial charge in [-0.15, -0.1) is 0 Å². The highest BCUT2D eigenvalue weighted by Crippen LogP contribution is 2.51. The quantitative estimate of drug-likeness (QED) is 0.193. The van der Waals surface area contributed by atoms with Gasteiger partial charge in [-0.1, -0.05) is 32.1 Å². The molecule has 3 atom stereocenters. The molecule has 0 unspecified atom stereocenters. The minimum atomic E-state index is -3.80. The standard InChI is InChI=1S/C21H38N3O8P/c1-3-31-33(30,32-4-2)14-21(29,13-16-10-11-22-18(16)25)24-19(26)17(23-20(27)28)12-15-8-6-5-7-9-15/h15-17,23,29H,3-14H2,1-2H3,(H,22,25)(H,24,26)(H,27,28)/t16-,17-,21-/m0/s1. The van der Waals surface area contributed by atoms with Gasteiger partial charge in [0.25, 0.3) is 0 Å². The Balaban J connectivity index is 2.23. The van der Waals surface area contributed by atoms with Gasteiger partial charge in [0.2, 0.25) is 11.8 Å². The van der Waals surface area contributed by atoms with Crippen LogP contribution in [0.3, 0.4) is 0 Å². The van der Waals surface area contributed by atoms with Gasteiger partial charge in [-0.2, -0.15) is 0 Å². The summed E-state index contributed by atoms with van der Waals surface area (Å²) in [5.41, 5.74) is -2.09. The molecule has 0 spiro atoms. The van der Waals surface area contributed by atoms with Crippen LogP contribution in [-0.4, -0.2) is 65.8 Å². The van der Waals surface area contributed by atoms with Crippen molar-refractivity contribution >= 4 is 25.5 Å². The first-order valence-electron chi connectivity index (χ1n) is 11.8. The maximum absolute atomic E-state index is 13.2. The summed E-state index contributed by atoms with van der Waals surface area (Å²) < 4.78 is 23.8. The van der Waals surface area contributed by atoms with Gasteiger partial charge in [-0.3, -0.25) is 14.2 Å². The normalized spacial score (nSPS) is 22.3. The van der Waals surface area contributed by atoms with Crippen LogP contribution in [0.25, 0.3) is 0 Å². The Morgan fingerprint density at radius 3 is 2.33 bits per heavy atom. The molecule has 0 radical (unpaired) electrons. The van der Waals surface area contributed by atoms with Crippen molar-refractivity contribution in [2.24, 2.45) is 11.8 Å². The number of nitrogens with one attached hydrogen (secondary N) is 3. The molecular weight excluding hydrogens is 453 g/mol. The van der Waals surface area contributed by atoms with Crippen molar-refractivity contribution in [3.05, 3.63) is 0 Å². The van der Waals surface area contributed by atoms with E-state index in [9.17, 15) is 29.2 Å². The molecule has 1 aliphatic heterocycles. The minimum Gasteiger partial charge on any atom is -0.465 e. The summed E-state index contributed by atoms with van der Waals surface area (Å²) >= 11 is 0. The molecule has 1 heterocycles. The largest absolute Gasteiger partial charge is 0.465 e. The van der Waals surface area contributed by atoms with Gasteiger partial charge in [0.15, 0.2) is 0 Å². The number of aliphatic hydroxyl groups is 1. The molecule has 0 aromatic rings. The molecule has 0 bridgehead atoms. The smallest absolute Gasteiger partial charge is 0.405 e. The summed E-state index contributed by atoms with van der Waals surface area (Å²) in [5.74, 6) is -1.42. The van der Waals surface area contributed by atoms with E-state index in [1.165, 1.54) is 0 Å². The first-order chi connectivity index (χ1) is 15.6. The molecule has 190 valence electrons. The van der Waals surface area contributed by atoms with Crippen molar-refractivity contribution in [2.75, 3.05) is 25.9 Å². The van der Waals surface area contributed by atoms with Crippen molar-refractivity contribution in [1.82, 2.24) is 16.0 Å². The van der Waals surface area contributed by atoms with Gasteiger partial charge in [0, 0.05) is 18.9 Å². The van der Waals surface area contributed by atoms with Crippen LogP contribution >= 0.6 is 7.60 Å². The van der Waals surface area contributed by atoms with Crippen LogP contribution in [0.2, 0.25) is 0 Å². The van der Waals surface area contributed by atoms with Crippen LogP contribution in [0.1, 0.15) is 65.2 Å². The molecule has 1 aliphatic carbocycles. The van der Waals surface area contributed by atoms with E-state index >= 15 is 0 Å². The number of amides is 3. The molecule has 1 saturated carbocycles. The molecule has 2 rings (SSSR count). The fourth-order valence-electron chi connectivity index (χ4n) is 4.70. The summed E-state index contributed by atoms with van der Waals surface area (Å²) in [7, 11) is -3.80. The Hall–Kier alpha value is -1.68. The monoisotopic (exact) mass is 491 g/mol. The summed E-state index contributed by atoms with van der Waals surface area (Å²) in [4.78, 5) is 36.6. The van der Waals surface area contributed by atoms with E-state index in [4.69, 9.17) is 9.05 Å². The topological polar surface area (TPSA) is 163 Å². The fourth-order valence-corrected chi connectivity index (χ4v) is 6.59. The number of hydrogen-bond acceptors (Lipinski definition) is 7. The molecule has 2 fully saturated rings. The molecule has 3 amide bonds. The van der Waals surface area contributed by atoms with Crippen LogP contribution in [-0.2, 0) is 23.2 Å². The van der Waals surface area contributed by atoms with E-state index in [0.29, 0.717) is 19.4 Å². The second-order valence-electron chi connectivity index (χ2n) is 8.85. The van der Waals surface area contributed by atoms with E-state index in [2.05, 4.69) is 16.0 Å². The molecule has 0 aromatic heterocycles. The highest BCUT2D eigenvalue weighted by molar-refractivity contribution is 7.53. The number of carboxylic acid groups (broad SMARTS) is 1. The lowest BCUT2D eigenvalue weighted by molar-refractivity contribution is -0.134. The van der Waals surface area contributed by atoms with Gasteiger partial charge >= 0.3 is 13.7 Å². The predicted octanol–water partition coefficient (Wildman–Crippen LogP) is 2.19. The summed E-state index contributed by atoms with van der Waals surface area (Å²) in [6, 6.07) is -1.09. The van der Waals surface area contributed by atoms with Crippen LogP contribution in [0.4, 0.5) is 4.79 Å². The fraction of sp³-hybridized carbons (Fsp3) is 0.857.